The Kier molecular flexibility index (Phi) is 3.03. The molecular formula is C12H16BrNO. The summed E-state index contributed by atoms with van der Waals surface area (Å²) in [4.78, 5) is 0. The summed E-state index contributed by atoms with van der Waals surface area (Å²) in [5, 5.41) is 0. The molecule has 2 rings (SSSR count). The molecule has 2 nitrogen and oxygen atoms in total. The Morgan fingerprint density at radius 3 is 3.00 bits per heavy atom. The maximum atomic E-state index is 5.84. The average molecular weight is 270 g/mol. The molecule has 0 saturated carbocycles. The number of fused-ring (bicyclic) bond motifs is 1. The van der Waals surface area contributed by atoms with E-state index in [2.05, 4.69) is 41.9 Å². The van der Waals surface area contributed by atoms with Crippen molar-refractivity contribution < 1.29 is 4.74 Å². The molecule has 0 amide bonds. The van der Waals surface area contributed by atoms with Crippen LogP contribution < -0.4 is 10.5 Å². The van der Waals surface area contributed by atoms with Gasteiger partial charge in [0.1, 0.15) is 11.9 Å². The minimum atomic E-state index is 0.290. The van der Waals surface area contributed by atoms with E-state index in [9.17, 15) is 0 Å². The monoisotopic (exact) mass is 269 g/mol. The minimum absolute atomic E-state index is 0.290. The van der Waals surface area contributed by atoms with Crippen LogP contribution in [0, 0.1) is 0 Å². The fourth-order valence-electron chi connectivity index (χ4n) is 2.01. The fraction of sp³-hybridized carbons (Fsp3) is 0.500. The topological polar surface area (TPSA) is 35.2 Å². The lowest BCUT2D eigenvalue weighted by molar-refractivity contribution is 0.251. The van der Waals surface area contributed by atoms with Gasteiger partial charge in [-0.3, -0.25) is 0 Å². The summed E-state index contributed by atoms with van der Waals surface area (Å²) < 4.78 is 6.96. The van der Waals surface area contributed by atoms with Gasteiger partial charge in [0.2, 0.25) is 0 Å². The zero-order chi connectivity index (χ0) is 11.0. The first-order valence-corrected chi connectivity index (χ1v) is 6.10. The van der Waals surface area contributed by atoms with Crippen molar-refractivity contribution in [1.82, 2.24) is 0 Å². The van der Waals surface area contributed by atoms with Gasteiger partial charge in [-0.15, -0.1) is 0 Å². The zero-order valence-electron chi connectivity index (χ0n) is 9.09. The molecule has 1 aliphatic rings. The van der Waals surface area contributed by atoms with Crippen LogP contribution in [-0.2, 0) is 6.42 Å². The van der Waals surface area contributed by atoms with E-state index in [1.165, 1.54) is 11.1 Å². The van der Waals surface area contributed by atoms with Gasteiger partial charge in [-0.05, 0) is 42.6 Å². The Bertz CT molecular complexity index is 378. The Morgan fingerprint density at radius 2 is 2.33 bits per heavy atom. The molecule has 3 heteroatoms. The van der Waals surface area contributed by atoms with Gasteiger partial charge in [-0.25, -0.2) is 0 Å². The molecule has 2 atom stereocenters. The highest BCUT2D eigenvalue weighted by Crippen LogP contribution is 2.38. The Hall–Kier alpha value is -0.540. The van der Waals surface area contributed by atoms with Crippen LogP contribution in [0.4, 0.5) is 0 Å². The number of hydrogen-bond donors (Lipinski definition) is 1. The summed E-state index contributed by atoms with van der Waals surface area (Å²) in [5.74, 6) is 1.41. The Morgan fingerprint density at radius 1 is 1.60 bits per heavy atom. The highest BCUT2D eigenvalue weighted by molar-refractivity contribution is 9.10. The lowest BCUT2D eigenvalue weighted by atomic mass is 9.97. The smallest absolute Gasteiger partial charge is 0.126 e. The number of rotatable bonds is 2. The van der Waals surface area contributed by atoms with E-state index in [-0.39, 0.29) is 6.10 Å². The molecule has 0 saturated heterocycles. The maximum absolute atomic E-state index is 5.84. The molecular weight excluding hydrogens is 254 g/mol. The van der Waals surface area contributed by atoms with Crippen LogP contribution in [0.1, 0.15) is 30.9 Å². The van der Waals surface area contributed by atoms with Crippen LogP contribution in [0.25, 0.3) is 0 Å². The second-order valence-electron chi connectivity index (χ2n) is 4.25. The first-order chi connectivity index (χ1) is 7.11. The molecule has 0 bridgehead atoms. The van der Waals surface area contributed by atoms with Crippen molar-refractivity contribution in [2.45, 2.75) is 32.3 Å². The van der Waals surface area contributed by atoms with Crippen molar-refractivity contribution in [3.05, 3.63) is 27.7 Å². The summed E-state index contributed by atoms with van der Waals surface area (Å²) in [6.07, 6.45) is 1.29. The predicted octanol–water partition coefficient (Wildman–Crippen LogP) is 2.83. The summed E-state index contributed by atoms with van der Waals surface area (Å²) in [6.45, 7) is 4.89. The third kappa shape index (κ3) is 2.04. The summed E-state index contributed by atoms with van der Waals surface area (Å²) in [5.41, 5.74) is 8.24. The molecule has 82 valence electrons. The number of hydrogen-bond acceptors (Lipinski definition) is 2. The number of nitrogens with two attached hydrogens (primary N) is 1. The molecule has 0 radical (unpaired) electrons. The van der Waals surface area contributed by atoms with Crippen LogP contribution >= 0.6 is 15.9 Å². The van der Waals surface area contributed by atoms with Gasteiger partial charge in [0.25, 0.3) is 0 Å². The summed E-state index contributed by atoms with van der Waals surface area (Å²) in [7, 11) is 0. The van der Waals surface area contributed by atoms with Crippen molar-refractivity contribution in [3.8, 4) is 5.75 Å². The van der Waals surface area contributed by atoms with Crippen LogP contribution in [0.5, 0.6) is 5.75 Å². The SMILES string of the molecule is CC1Cc2cc(Br)cc(C(C)CN)c2O1. The van der Waals surface area contributed by atoms with Gasteiger partial charge in [0, 0.05) is 10.9 Å². The third-order valence-corrected chi connectivity index (χ3v) is 3.33. The fourth-order valence-corrected chi connectivity index (χ4v) is 2.54. The van der Waals surface area contributed by atoms with E-state index < -0.39 is 0 Å². The third-order valence-electron chi connectivity index (χ3n) is 2.87. The van der Waals surface area contributed by atoms with Gasteiger partial charge >= 0.3 is 0 Å². The van der Waals surface area contributed by atoms with Crippen LogP contribution in [0.2, 0.25) is 0 Å². The van der Waals surface area contributed by atoms with Crippen LogP contribution in [0.3, 0.4) is 0 Å². The second-order valence-corrected chi connectivity index (χ2v) is 5.17. The predicted molar refractivity (Wildman–Crippen MR) is 65.4 cm³/mol. The molecule has 2 unspecified atom stereocenters. The lowest BCUT2D eigenvalue weighted by Crippen LogP contribution is -2.11. The average Bonchev–Trinajstić information content (AvgIpc) is 2.55. The summed E-state index contributed by atoms with van der Waals surface area (Å²) >= 11 is 3.54. The van der Waals surface area contributed by atoms with E-state index in [1.54, 1.807) is 0 Å². The molecule has 15 heavy (non-hydrogen) atoms. The maximum Gasteiger partial charge on any atom is 0.126 e. The zero-order valence-corrected chi connectivity index (χ0v) is 10.7. The van der Waals surface area contributed by atoms with Gasteiger partial charge in [0.15, 0.2) is 0 Å². The van der Waals surface area contributed by atoms with Crippen LogP contribution in [-0.4, -0.2) is 12.6 Å². The standard InChI is InChI=1S/C12H16BrNO/c1-7(6-14)11-5-10(13)4-9-3-8(2)15-12(9)11/h4-5,7-8H,3,6,14H2,1-2H3. The van der Waals surface area contributed by atoms with E-state index in [0.29, 0.717) is 12.5 Å². The first-order valence-electron chi connectivity index (χ1n) is 5.31. The highest BCUT2D eigenvalue weighted by atomic mass is 79.9. The molecule has 0 fully saturated rings. The molecule has 1 aliphatic heterocycles. The van der Waals surface area contributed by atoms with E-state index in [0.717, 1.165) is 16.6 Å². The van der Waals surface area contributed by atoms with Gasteiger partial charge in [-0.1, -0.05) is 22.9 Å². The minimum Gasteiger partial charge on any atom is -0.490 e. The number of ether oxygens (including phenoxy) is 1. The van der Waals surface area contributed by atoms with Crippen LogP contribution in [0.15, 0.2) is 16.6 Å². The number of benzene rings is 1. The molecule has 2 N–H and O–H groups in total. The quantitative estimate of drug-likeness (QED) is 0.896. The van der Waals surface area contributed by atoms with Crippen molar-refractivity contribution in [1.29, 1.82) is 0 Å². The van der Waals surface area contributed by atoms with E-state index >= 15 is 0 Å². The molecule has 1 heterocycles. The molecule has 1 aromatic rings. The first kappa shape index (κ1) is 11.0. The molecule has 0 aromatic heterocycles. The van der Waals surface area contributed by atoms with Gasteiger partial charge < -0.3 is 10.5 Å². The van der Waals surface area contributed by atoms with Crippen molar-refractivity contribution in [2.24, 2.45) is 5.73 Å². The highest BCUT2D eigenvalue weighted by Gasteiger charge is 2.24. The molecule has 1 aromatic carbocycles. The lowest BCUT2D eigenvalue weighted by Gasteiger charge is -2.14. The Labute approximate surface area is 98.9 Å². The van der Waals surface area contributed by atoms with E-state index in [1.807, 2.05) is 0 Å². The van der Waals surface area contributed by atoms with Crippen molar-refractivity contribution in [3.63, 3.8) is 0 Å². The van der Waals surface area contributed by atoms with Crippen molar-refractivity contribution >= 4 is 15.9 Å². The molecule has 0 aliphatic carbocycles. The normalized spacial score (nSPS) is 20.9. The second kappa shape index (κ2) is 4.14. The Balaban J connectivity index is 2.47. The van der Waals surface area contributed by atoms with Crippen molar-refractivity contribution in [2.75, 3.05) is 6.54 Å². The number of halogens is 1. The van der Waals surface area contributed by atoms with Gasteiger partial charge in [-0.2, -0.15) is 0 Å². The largest absolute Gasteiger partial charge is 0.490 e. The van der Waals surface area contributed by atoms with E-state index in [4.69, 9.17) is 10.5 Å². The summed E-state index contributed by atoms with van der Waals surface area (Å²) in [6, 6.07) is 4.26. The molecule has 0 spiro atoms. The van der Waals surface area contributed by atoms with Gasteiger partial charge in [0.05, 0.1) is 0 Å².